The zero-order valence-electron chi connectivity index (χ0n) is 10.3. The van der Waals surface area contributed by atoms with Crippen molar-refractivity contribution in [3.05, 3.63) is 0 Å². The third-order valence-electron chi connectivity index (χ3n) is 4.23. The summed E-state index contributed by atoms with van der Waals surface area (Å²) in [6.07, 6.45) is 1.94. The van der Waals surface area contributed by atoms with Gasteiger partial charge in [0.2, 0.25) is 5.91 Å². The highest BCUT2D eigenvalue weighted by molar-refractivity contribution is 5.79. The second-order valence-electron chi connectivity index (χ2n) is 5.80. The predicted octanol–water partition coefficient (Wildman–Crippen LogP) is 0.653. The van der Waals surface area contributed by atoms with Gasteiger partial charge in [-0.3, -0.25) is 4.79 Å². The normalized spacial score (nSPS) is 41.5. The van der Waals surface area contributed by atoms with Crippen LogP contribution in [0.2, 0.25) is 0 Å². The van der Waals surface area contributed by atoms with E-state index in [9.17, 15) is 4.79 Å². The Balaban J connectivity index is 1.85. The average molecular weight is 226 g/mol. The summed E-state index contributed by atoms with van der Waals surface area (Å²) in [6.45, 7) is 6.79. The van der Waals surface area contributed by atoms with Gasteiger partial charge >= 0.3 is 0 Å². The van der Waals surface area contributed by atoms with Crippen molar-refractivity contribution in [3.8, 4) is 0 Å². The molecule has 1 aliphatic heterocycles. The molecule has 1 aliphatic carbocycles. The lowest BCUT2D eigenvalue weighted by Gasteiger charge is -2.50. The van der Waals surface area contributed by atoms with E-state index in [1.165, 1.54) is 0 Å². The number of amides is 1. The smallest absolute Gasteiger partial charge is 0.225 e. The van der Waals surface area contributed by atoms with Crippen molar-refractivity contribution in [3.63, 3.8) is 0 Å². The summed E-state index contributed by atoms with van der Waals surface area (Å²) in [5.74, 6) is 0.164. The lowest BCUT2D eigenvalue weighted by molar-refractivity contribution is -0.128. The first-order valence-corrected chi connectivity index (χ1v) is 6.09. The molecule has 1 saturated carbocycles. The molecule has 0 aromatic heterocycles. The lowest BCUT2D eigenvalue weighted by Crippen LogP contribution is -2.65. The van der Waals surface area contributed by atoms with Gasteiger partial charge in [-0.05, 0) is 19.8 Å². The molecule has 4 unspecified atom stereocenters. The fourth-order valence-electron chi connectivity index (χ4n) is 2.49. The van der Waals surface area contributed by atoms with Crippen molar-refractivity contribution in [2.75, 3.05) is 6.61 Å². The van der Waals surface area contributed by atoms with Crippen LogP contribution in [0, 0.1) is 11.3 Å². The zero-order chi connectivity index (χ0) is 11.9. The van der Waals surface area contributed by atoms with Gasteiger partial charge < -0.3 is 15.8 Å². The number of rotatable bonds is 2. The molecule has 4 atom stereocenters. The maximum atomic E-state index is 12.0. The highest BCUT2D eigenvalue weighted by Gasteiger charge is 2.47. The van der Waals surface area contributed by atoms with Crippen LogP contribution in [0.5, 0.6) is 0 Å². The first-order chi connectivity index (χ1) is 7.41. The molecule has 1 amide bonds. The summed E-state index contributed by atoms with van der Waals surface area (Å²) < 4.78 is 5.41. The van der Waals surface area contributed by atoms with Crippen molar-refractivity contribution in [1.82, 2.24) is 5.32 Å². The maximum Gasteiger partial charge on any atom is 0.225 e. The van der Waals surface area contributed by atoms with Gasteiger partial charge in [0.25, 0.3) is 0 Å². The van der Waals surface area contributed by atoms with Crippen molar-refractivity contribution in [2.24, 2.45) is 17.1 Å². The summed E-state index contributed by atoms with van der Waals surface area (Å²) >= 11 is 0. The van der Waals surface area contributed by atoms with Crippen LogP contribution >= 0.6 is 0 Å². The molecule has 16 heavy (non-hydrogen) atoms. The molecule has 2 rings (SSSR count). The van der Waals surface area contributed by atoms with Crippen molar-refractivity contribution in [2.45, 2.75) is 51.8 Å². The van der Waals surface area contributed by atoms with Crippen LogP contribution in [-0.4, -0.2) is 30.7 Å². The Morgan fingerprint density at radius 1 is 1.44 bits per heavy atom. The third kappa shape index (κ3) is 1.96. The molecule has 3 N–H and O–H groups in total. The number of nitrogens with one attached hydrogen (secondary N) is 1. The predicted molar refractivity (Wildman–Crippen MR) is 61.8 cm³/mol. The van der Waals surface area contributed by atoms with Gasteiger partial charge in [-0.2, -0.15) is 0 Å². The van der Waals surface area contributed by atoms with Gasteiger partial charge in [-0.1, -0.05) is 13.8 Å². The van der Waals surface area contributed by atoms with E-state index in [0.29, 0.717) is 6.61 Å². The summed E-state index contributed by atoms with van der Waals surface area (Å²) in [5, 5.41) is 3.10. The third-order valence-corrected chi connectivity index (χ3v) is 4.23. The van der Waals surface area contributed by atoms with Crippen molar-refractivity contribution in [1.29, 1.82) is 0 Å². The molecule has 2 aliphatic rings. The summed E-state index contributed by atoms with van der Waals surface area (Å²) in [4.78, 5) is 12.0. The molecule has 92 valence electrons. The van der Waals surface area contributed by atoms with E-state index in [2.05, 4.69) is 19.2 Å². The minimum atomic E-state index is 0.0285. The monoisotopic (exact) mass is 226 g/mol. The van der Waals surface area contributed by atoms with Crippen molar-refractivity contribution < 1.29 is 9.53 Å². The van der Waals surface area contributed by atoms with Crippen LogP contribution < -0.4 is 11.1 Å². The Labute approximate surface area is 96.9 Å². The molecule has 1 heterocycles. The van der Waals surface area contributed by atoms with E-state index in [1.807, 2.05) is 6.92 Å². The number of carbonyl (C=O) groups excluding carboxylic acids is 1. The standard InChI is InChI=1S/C12H22N2O2/c1-7-4-8(6-16-7)11(15)14-10-5-9(13)12(10,2)3/h7-10H,4-6,13H2,1-3H3,(H,14,15). The number of nitrogens with two attached hydrogens (primary N) is 1. The Bertz CT molecular complexity index is 291. The van der Waals surface area contributed by atoms with E-state index in [1.54, 1.807) is 0 Å². The van der Waals surface area contributed by atoms with Crippen LogP contribution in [0.25, 0.3) is 0 Å². The van der Waals surface area contributed by atoms with E-state index >= 15 is 0 Å². The summed E-state index contributed by atoms with van der Waals surface area (Å²) in [5.41, 5.74) is 5.95. The second-order valence-corrected chi connectivity index (χ2v) is 5.80. The lowest BCUT2D eigenvalue weighted by atomic mass is 9.63. The molecule has 0 aromatic carbocycles. The molecule has 0 spiro atoms. The SMILES string of the molecule is CC1CC(C(=O)NC2CC(N)C2(C)C)CO1. The van der Waals surface area contributed by atoms with Gasteiger partial charge in [0.05, 0.1) is 18.6 Å². The second kappa shape index (κ2) is 4.00. The molecular weight excluding hydrogens is 204 g/mol. The van der Waals surface area contributed by atoms with E-state index in [0.717, 1.165) is 12.8 Å². The Hall–Kier alpha value is -0.610. The minimum Gasteiger partial charge on any atom is -0.378 e. The number of hydrogen-bond acceptors (Lipinski definition) is 3. The highest BCUT2D eigenvalue weighted by atomic mass is 16.5. The first-order valence-electron chi connectivity index (χ1n) is 6.09. The van der Waals surface area contributed by atoms with Crippen LogP contribution in [0.15, 0.2) is 0 Å². The fourth-order valence-corrected chi connectivity index (χ4v) is 2.49. The van der Waals surface area contributed by atoms with Crippen LogP contribution in [0.3, 0.4) is 0 Å². The average Bonchev–Trinajstić information content (AvgIpc) is 2.64. The minimum absolute atomic E-state index is 0.0285. The maximum absolute atomic E-state index is 12.0. The van der Waals surface area contributed by atoms with Crippen LogP contribution in [0.1, 0.15) is 33.6 Å². The summed E-state index contributed by atoms with van der Waals surface area (Å²) in [6, 6.07) is 0.433. The van der Waals surface area contributed by atoms with E-state index in [-0.39, 0.29) is 35.4 Å². The van der Waals surface area contributed by atoms with Gasteiger partial charge in [0.1, 0.15) is 0 Å². The van der Waals surface area contributed by atoms with Crippen LogP contribution in [-0.2, 0) is 9.53 Å². The molecule has 0 bridgehead atoms. The summed E-state index contributed by atoms with van der Waals surface area (Å²) in [7, 11) is 0. The van der Waals surface area contributed by atoms with E-state index in [4.69, 9.17) is 10.5 Å². The van der Waals surface area contributed by atoms with E-state index < -0.39 is 0 Å². The Morgan fingerprint density at radius 3 is 2.56 bits per heavy atom. The molecule has 0 aromatic rings. The van der Waals surface area contributed by atoms with Gasteiger partial charge in [0.15, 0.2) is 0 Å². The topological polar surface area (TPSA) is 64.4 Å². The Kier molecular flexibility index (Phi) is 2.97. The molecule has 0 radical (unpaired) electrons. The van der Waals surface area contributed by atoms with Crippen LogP contribution in [0.4, 0.5) is 0 Å². The number of carbonyl (C=O) groups is 1. The molecule has 2 fully saturated rings. The fraction of sp³-hybridized carbons (Fsp3) is 0.917. The largest absolute Gasteiger partial charge is 0.378 e. The number of hydrogen-bond donors (Lipinski definition) is 2. The molecule has 1 saturated heterocycles. The van der Waals surface area contributed by atoms with Gasteiger partial charge in [-0.25, -0.2) is 0 Å². The molecular formula is C12H22N2O2. The highest BCUT2D eigenvalue weighted by Crippen LogP contribution is 2.39. The quantitative estimate of drug-likeness (QED) is 0.727. The molecule has 4 heteroatoms. The van der Waals surface area contributed by atoms with Gasteiger partial charge in [0, 0.05) is 17.5 Å². The Morgan fingerprint density at radius 2 is 2.12 bits per heavy atom. The molecule has 4 nitrogen and oxygen atoms in total. The zero-order valence-corrected chi connectivity index (χ0v) is 10.3. The van der Waals surface area contributed by atoms with Gasteiger partial charge in [-0.15, -0.1) is 0 Å². The number of ether oxygens (including phenoxy) is 1. The first kappa shape index (κ1) is 11.9. The van der Waals surface area contributed by atoms with Crippen molar-refractivity contribution >= 4 is 5.91 Å².